The molecule has 0 radical (unpaired) electrons. The summed E-state index contributed by atoms with van der Waals surface area (Å²) in [6, 6.07) is 8.86. The van der Waals surface area contributed by atoms with Crippen LogP contribution in [-0.4, -0.2) is 36.8 Å². The molecule has 0 amide bonds. The number of likely N-dealkylation sites (N-methyl/N-ethyl adjacent to an activating group) is 1. The van der Waals surface area contributed by atoms with E-state index < -0.39 is 0 Å². The summed E-state index contributed by atoms with van der Waals surface area (Å²) < 4.78 is 0. The van der Waals surface area contributed by atoms with Crippen LogP contribution in [0.15, 0.2) is 24.3 Å². The highest BCUT2D eigenvalue weighted by atomic mass is 35.5. The number of halogens is 1. The van der Waals surface area contributed by atoms with Gasteiger partial charge in [-0.2, -0.15) is 0 Å². The van der Waals surface area contributed by atoms with Crippen molar-refractivity contribution >= 4 is 11.6 Å². The molecule has 20 heavy (non-hydrogen) atoms. The van der Waals surface area contributed by atoms with Crippen LogP contribution in [0.3, 0.4) is 0 Å². The fourth-order valence-electron chi connectivity index (χ4n) is 3.05. The number of nitrogens with zero attached hydrogens (tertiary/aromatic N) is 1. The van der Waals surface area contributed by atoms with Crippen LogP contribution in [0.1, 0.15) is 54.5 Å². The van der Waals surface area contributed by atoms with Crippen molar-refractivity contribution in [2.24, 2.45) is 0 Å². The molecule has 3 heteroatoms. The number of alkyl halides is 1. The Balaban J connectivity index is 1.93. The zero-order valence-corrected chi connectivity index (χ0v) is 13.1. The minimum absolute atomic E-state index is 0.00745. The molecule has 2 rings (SSSR count). The van der Waals surface area contributed by atoms with Gasteiger partial charge in [0.05, 0.1) is 12.0 Å². The largest absolute Gasteiger partial charge is 0.395 e. The number of aliphatic hydroxyl groups excluding tert-OH is 1. The zero-order chi connectivity index (χ0) is 14.4. The second-order valence-electron chi connectivity index (χ2n) is 5.95. The maximum Gasteiger partial charge on any atom is 0.0712 e. The van der Waals surface area contributed by atoms with Gasteiger partial charge in [0, 0.05) is 13.1 Å². The molecule has 1 saturated carbocycles. The van der Waals surface area contributed by atoms with Gasteiger partial charge in [-0.3, -0.25) is 0 Å². The molecule has 1 aliphatic rings. The van der Waals surface area contributed by atoms with Crippen LogP contribution < -0.4 is 0 Å². The van der Waals surface area contributed by atoms with E-state index >= 15 is 0 Å². The summed E-state index contributed by atoms with van der Waals surface area (Å²) in [6.45, 7) is 1.62. The lowest BCUT2D eigenvalue weighted by Gasteiger charge is -2.23. The third kappa shape index (κ3) is 4.47. The van der Waals surface area contributed by atoms with Gasteiger partial charge in [-0.05, 0) is 36.9 Å². The molecule has 2 nitrogen and oxygen atoms in total. The van der Waals surface area contributed by atoms with E-state index in [1.165, 1.54) is 43.2 Å². The molecular formula is C17H26ClNO. The quantitative estimate of drug-likeness (QED) is 0.804. The minimum Gasteiger partial charge on any atom is -0.395 e. The second-order valence-corrected chi connectivity index (χ2v) is 6.48. The van der Waals surface area contributed by atoms with Crippen molar-refractivity contribution in [3.05, 3.63) is 35.4 Å². The maximum absolute atomic E-state index is 8.92. The van der Waals surface area contributed by atoms with E-state index in [-0.39, 0.29) is 12.0 Å². The van der Waals surface area contributed by atoms with Crippen molar-refractivity contribution in [2.75, 3.05) is 26.7 Å². The average molecular weight is 296 g/mol. The lowest BCUT2D eigenvalue weighted by molar-refractivity contribution is 0.221. The first kappa shape index (κ1) is 15.8. The SMILES string of the molecule is CN(CCO)CC(Cl)c1ccc(C2CCCCC2)cc1. The first-order chi connectivity index (χ1) is 9.70. The molecule has 0 aliphatic heterocycles. The predicted molar refractivity (Wildman–Crippen MR) is 85.4 cm³/mol. The van der Waals surface area contributed by atoms with Gasteiger partial charge in [0.1, 0.15) is 0 Å². The van der Waals surface area contributed by atoms with E-state index in [0.29, 0.717) is 6.54 Å². The van der Waals surface area contributed by atoms with Crippen LogP contribution in [0.5, 0.6) is 0 Å². The summed E-state index contributed by atoms with van der Waals surface area (Å²) >= 11 is 6.45. The first-order valence-corrected chi connectivity index (χ1v) is 8.17. The Bertz CT molecular complexity index is 386. The zero-order valence-electron chi connectivity index (χ0n) is 12.4. The molecule has 1 aromatic carbocycles. The molecule has 0 saturated heterocycles. The molecule has 0 bridgehead atoms. The molecular weight excluding hydrogens is 270 g/mol. The van der Waals surface area contributed by atoms with Crippen LogP contribution in [0, 0.1) is 0 Å². The van der Waals surface area contributed by atoms with Crippen LogP contribution in [-0.2, 0) is 0 Å². The number of hydrogen-bond donors (Lipinski definition) is 1. The van der Waals surface area contributed by atoms with E-state index in [1.54, 1.807) is 0 Å². The summed E-state index contributed by atoms with van der Waals surface area (Å²) in [4.78, 5) is 2.06. The van der Waals surface area contributed by atoms with Gasteiger partial charge in [0.25, 0.3) is 0 Å². The number of hydrogen-bond acceptors (Lipinski definition) is 2. The molecule has 1 unspecified atom stereocenters. The third-order valence-electron chi connectivity index (χ3n) is 4.33. The molecule has 1 fully saturated rings. The van der Waals surface area contributed by atoms with Crippen molar-refractivity contribution in [1.82, 2.24) is 4.90 Å². The average Bonchev–Trinajstić information content (AvgIpc) is 2.48. The number of rotatable bonds is 6. The predicted octanol–water partition coefficient (Wildman–Crippen LogP) is 3.94. The molecule has 0 heterocycles. The fraction of sp³-hybridized carbons (Fsp3) is 0.647. The van der Waals surface area contributed by atoms with Gasteiger partial charge < -0.3 is 10.0 Å². The van der Waals surface area contributed by atoms with Crippen molar-refractivity contribution in [1.29, 1.82) is 0 Å². The fourth-order valence-corrected chi connectivity index (χ4v) is 3.44. The first-order valence-electron chi connectivity index (χ1n) is 7.74. The van der Waals surface area contributed by atoms with Crippen molar-refractivity contribution in [2.45, 2.75) is 43.4 Å². The summed E-state index contributed by atoms with van der Waals surface area (Å²) in [5.41, 5.74) is 2.65. The molecule has 1 atom stereocenters. The van der Waals surface area contributed by atoms with Crippen LogP contribution in [0.4, 0.5) is 0 Å². The monoisotopic (exact) mass is 295 g/mol. The minimum atomic E-state index is -0.00745. The Kier molecular flexibility index (Phi) is 6.34. The second kappa shape index (κ2) is 8.02. The standard InChI is InChI=1S/C17H26ClNO/c1-19(11-12-20)13-17(18)16-9-7-15(8-10-16)14-5-3-2-4-6-14/h7-10,14,17,20H,2-6,11-13H2,1H3. The summed E-state index contributed by atoms with van der Waals surface area (Å²) in [6.07, 6.45) is 6.81. The van der Waals surface area contributed by atoms with E-state index in [9.17, 15) is 0 Å². The molecule has 1 aliphatic carbocycles. The van der Waals surface area contributed by atoms with E-state index in [0.717, 1.165) is 12.5 Å². The summed E-state index contributed by atoms with van der Waals surface area (Å²) in [7, 11) is 1.99. The van der Waals surface area contributed by atoms with Crippen molar-refractivity contribution in [3.8, 4) is 0 Å². The number of benzene rings is 1. The highest BCUT2D eigenvalue weighted by Crippen LogP contribution is 2.33. The maximum atomic E-state index is 8.92. The molecule has 0 aromatic heterocycles. The molecule has 112 valence electrons. The van der Waals surface area contributed by atoms with Gasteiger partial charge in [-0.25, -0.2) is 0 Å². The molecule has 1 aromatic rings. The third-order valence-corrected chi connectivity index (χ3v) is 4.72. The lowest BCUT2D eigenvalue weighted by Crippen LogP contribution is -2.25. The Morgan fingerprint density at radius 1 is 1.20 bits per heavy atom. The topological polar surface area (TPSA) is 23.5 Å². The van der Waals surface area contributed by atoms with Crippen LogP contribution in [0.2, 0.25) is 0 Å². The molecule has 1 N–H and O–H groups in total. The van der Waals surface area contributed by atoms with Gasteiger partial charge in [-0.1, -0.05) is 43.5 Å². The smallest absolute Gasteiger partial charge is 0.0712 e. The van der Waals surface area contributed by atoms with Gasteiger partial charge in [-0.15, -0.1) is 11.6 Å². The Morgan fingerprint density at radius 2 is 1.85 bits per heavy atom. The summed E-state index contributed by atoms with van der Waals surface area (Å²) in [5, 5.41) is 8.91. The van der Waals surface area contributed by atoms with Crippen LogP contribution in [0.25, 0.3) is 0 Å². The van der Waals surface area contributed by atoms with E-state index in [4.69, 9.17) is 16.7 Å². The van der Waals surface area contributed by atoms with Crippen LogP contribution >= 0.6 is 11.6 Å². The van der Waals surface area contributed by atoms with Crippen molar-refractivity contribution < 1.29 is 5.11 Å². The Morgan fingerprint density at radius 3 is 2.45 bits per heavy atom. The molecule has 0 spiro atoms. The number of aliphatic hydroxyl groups is 1. The Hall–Kier alpha value is -0.570. The highest BCUT2D eigenvalue weighted by Gasteiger charge is 2.16. The van der Waals surface area contributed by atoms with E-state index in [2.05, 4.69) is 29.2 Å². The normalized spacial score (nSPS) is 18.4. The Labute approximate surface area is 127 Å². The lowest BCUT2D eigenvalue weighted by atomic mass is 9.84. The van der Waals surface area contributed by atoms with Gasteiger partial charge >= 0.3 is 0 Å². The van der Waals surface area contributed by atoms with Gasteiger partial charge in [0.15, 0.2) is 0 Å². The summed E-state index contributed by atoms with van der Waals surface area (Å²) in [5.74, 6) is 0.753. The van der Waals surface area contributed by atoms with Crippen molar-refractivity contribution in [3.63, 3.8) is 0 Å². The van der Waals surface area contributed by atoms with E-state index in [1.807, 2.05) is 7.05 Å². The highest BCUT2D eigenvalue weighted by molar-refractivity contribution is 6.21. The van der Waals surface area contributed by atoms with Gasteiger partial charge in [0.2, 0.25) is 0 Å².